The Morgan fingerprint density at radius 3 is 0.970 bits per heavy atom. The van der Waals surface area contributed by atoms with Gasteiger partial charge in [-0.15, -0.1) is 0 Å². The number of aryl methyl sites for hydroxylation is 4. The quantitative estimate of drug-likeness (QED) is 0.0611. The summed E-state index contributed by atoms with van der Waals surface area (Å²) < 4.78 is 71.5. The molecular formula is C84H94F2O14. The molecule has 100 heavy (non-hydrogen) atoms. The molecule has 0 aliphatic heterocycles. The van der Waals surface area contributed by atoms with Gasteiger partial charge in [-0.3, -0.25) is 19.2 Å². The molecule has 0 bridgehead atoms. The van der Waals surface area contributed by atoms with Crippen LogP contribution in [0.2, 0.25) is 0 Å². The molecule has 14 nitrogen and oxygen atoms in total. The Kier molecular flexibility index (Phi) is 24.9. The van der Waals surface area contributed by atoms with Crippen molar-refractivity contribution in [3.63, 3.8) is 0 Å². The number of halogens is 2. The molecule has 528 valence electrons. The molecule has 4 aliphatic rings. The highest BCUT2D eigenvalue weighted by Crippen LogP contribution is 2.44. The molecule has 0 aromatic heterocycles. The molecule has 0 saturated heterocycles. The van der Waals surface area contributed by atoms with Gasteiger partial charge >= 0.3 is 23.9 Å². The highest BCUT2D eigenvalue weighted by atomic mass is 19.1. The standard InChI is InChI=1S/2C30H33FO4.2C12H14O3/c2*1-30(2,3)27-14-19(6-12-24(27)26-16-22(33-4)11-13-28(26)31)18-35-23-10-9-20-7-8-21(25(20)17-23)15-29(32)34-5;2*1-15-12(14)6-9-3-2-8-4-5-10(13)7-11(8)9/h2*6,9-14,16-17,21H,7-8,15,18H2,1-5H3;2*4-5,7,9,13H,2-3,6H2,1H3/t2*21-;2*9-/m1010/s1. The molecule has 8 aromatic rings. The van der Waals surface area contributed by atoms with E-state index in [9.17, 15) is 38.2 Å². The lowest BCUT2D eigenvalue weighted by atomic mass is 9.81. The van der Waals surface area contributed by atoms with Crippen LogP contribution in [0.25, 0.3) is 22.3 Å². The van der Waals surface area contributed by atoms with Gasteiger partial charge in [0, 0.05) is 11.1 Å². The molecule has 4 aliphatic carbocycles. The lowest BCUT2D eigenvalue weighted by Crippen LogP contribution is -2.14. The predicted molar refractivity (Wildman–Crippen MR) is 383 cm³/mol. The van der Waals surface area contributed by atoms with E-state index in [1.807, 2.05) is 48.5 Å². The minimum atomic E-state index is -0.278. The van der Waals surface area contributed by atoms with Crippen molar-refractivity contribution in [1.29, 1.82) is 0 Å². The van der Waals surface area contributed by atoms with Crippen LogP contribution in [0.4, 0.5) is 8.78 Å². The molecule has 4 atom stereocenters. The average molecular weight is 1370 g/mol. The number of hydrogen-bond acceptors (Lipinski definition) is 14. The van der Waals surface area contributed by atoms with Crippen LogP contribution in [0.1, 0.15) is 183 Å². The Morgan fingerprint density at radius 2 is 0.670 bits per heavy atom. The highest BCUT2D eigenvalue weighted by molar-refractivity contribution is 5.75. The number of benzene rings is 8. The minimum absolute atomic E-state index is 0.172. The summed E-state index contributed by atoms with van der Waals surface area (Å²) in [7, 11) is 8.83. The molecule has 0 fully saturated rings. The van der Waals surface area contributed by atoms with Gasteiger partial charge in [0.2, 0.25) is 0 Å². The summed E-state index contributed by atoms with van der Waals surface area (Å²) in [4.78, 5) is 45.9. The zero-order valence-corrected chi connectivity index (χ0v) is 59.6. The Bertz CT molecular complexity index is 3950. The van der Waals surface area contributed by atoms with Crippen molar-refractivity contribution >= 4 is 23.9 Å². The van der Waals surface area contributed by atoms with Gasteiger partial charge in [-0.1, -0.05) is 102 Å². The molecule has 0 saturated carbocycles. The first-order valence-electron chi connectivity index (χ1n) is 34.2. The number of ether oxygens (including phenoxy) is 8. The van der Waals surface area contributed by atoms with E-state index >= 15 is 0 Å². The monoisotopic (exact) mass is 1360 g/mol. The molecule has 0 spiro atoms. The van der Waals surface area contributed by atoms with Crippen molar-refractivity contribution in [2.24, 2.45) is 0 Å². The summed E-state index contributed by atoms with van der Waals surface area (Å²) in [5.41, 5.74) is 16.0. The van der Waals surface area contributed by atoms with Crippen LogP contribution in [-0.4, -0.2) is 76.7 Å². The number of fused-ring (bicyclic) bond motifs is 4. The maximum absolute atomic E-state index is 14.8. The van der Waals surface area contributed by atoms with Crippen LogP contribution in [-0.2, 0) is 87.9 Å². The van der Waals surface area contributed by atoms with Crippen molar-refractivity contribution in [3.05, 3.63) is 224 Å². The van der Waals surface area contributed by atoms with Gasteiger partial charge in [-0.05, 0) is 249 Å². The number of methoxy groups -OCH3 is 6. The summed E-state index contributed by atoms with van der Waals surface area (Å²) >= 11 is 0. The lowest BCUT2D eigenvalue weighted by molar-refractivity contribution is -0.142. The van der Waals surface area contributed by atoms with Crippen molar-refractivity contribution in [2.75, 3.05) is 42.7 Å². The Hall–Kier alpha value is -9.70. The summed E-state index contributed by atoms with van der Waals surface area (Å²) in [6.07, 6.45) is 9.34. The van der Waals surface area contributed by atoms with Crippen LogP contribution in [0.5, 0.6) is 34.5 Å². The zero-order chi connectivity index (χ0) is 72.0. The third-order valence-electron chi connectivity index (χ3n) is 19.4. The number of carbonyl (C=O) groups excluding carboxylic acids is 4. The van der Waals surface area contributed by atoms with Crippen molar-refractivity contribution in [2.45, 2.75) is 166 Å². The predicted octanol–water partition coefficient (Wildman–Crippen LogP) is 17.9. The molecule has 12 rings (SSSR count). The molecule has 8 aromatic carbocycles. The Balaban J connectivity index is 0.000000167. The van der Waals surface area contributed by atoms with E-state index in [2.05, 4.69) is 87.4 Å². The Labute approximate surface area is 586 Å². The van der Waals surface area contributed by atoms with Gasteiger partial charge in [0.15, 0.2) is 0 Å². The molecule has 2 N–H and O–H groups in total. The first-order chi connectivity index (χ1) is 47.8. The minimum Gasteiger partial charge on any atom is -0.508 e. The SMILES string of the molecule is COC(=O)C[C@@H]1CCc2ccc(O)cc21.COC(=O)C[C@@H]1CCc2ccc(OCc3ccc(-c4cc(OC)ccc4F)c(C(C)(C)C)c3)cc21.COC(=O)C[C@H]1CCc2ccc(O)cc21.COC(=O)C[C@H]1CCc2ccc(OCc3ccc(-c4cc(OC)ccc4F)c(C(C)(C)C)c3)cc21. The average Bonchev–Trinajstić information content (AvgIpc) is 1.28. The lowest BCUT2D eigenvalue weighted by Gasteiger charge is -2.24. The number of aromatic hydroxyl groups is 2. The van der Waals surface area contributed by atoms with Crippen LogP contribution in [0.3, 0.4) is 0 Å². The third kappa shape index (κ3) is 19.0. The van der Waals surface area contributed by atoms with Crippen molar-refractivity contribution in [3.8, 4) is 56.8 Å². The van der Waals surface area contributed by atoms with Gasteiger partial charge in [0.05, 0.1) is 68.3 Å². The maximum atomic E-state index is 14.8. The fourth-order valence-corrected chi connectivity index (χ4v) is 13.9. The summed E-state index contributed by atoms with van der Waals surface area (Å²) in [6.45, 7) is 13.5. The van der Waals surface area contributed by atoms with E-state index in [1.54, 1.807) is 62.8 Å². The molecule has 0 unspecified atom stereocenters. The van der Waals surface area contributed by atoms with E-state index in [0.29, 0.717) is 61.5 Å². The molecular weight excluding hydrogens is 1270 g/mol. The van der Waals surface area contributed by atoms with Gasteiger partial charge in [0.25, 0.3) is 0 Å². The van der Waals surface area contributed by atoms with E-state index in [-0.39, 0.29) is 81.5 Å². The van der Waals surface area contributed by atoms with E-state index < -0.39 is 0 Å². The van der Waals surface area contributed by atoms with Crippen LogP contribution < -0.4 is 18.9 Å². The number of carbonyl (C=O) groups is 4. The fourth-order valence-electron chi connectivity index (χ4n) is 13.9. The van der Waals surface area contributed by atoms with Crippen LogP contribution in [0, 0.1) is 11.6 Å². The summed E-state index contributed by atoms with van der Waals surface area (Å²) in [5.74, 6) is 2.81. The number of phenolic OH excluding ortho intramolecular Hbond substituents is 2. The highest BCUT2D eigenvalue weighted by Gasteiger charge is 2.31. The first-order valence-corrected chi connectivity index (χ1v) is 34.2. The third-order valence-corrected chi connectivity index (χ3v) is 19.4. The van der Waals surface area contributed by atoms with Gasteiger partial charge < -0.3 is 48.1 Å². The largest absolute Gasteiger partial charge is 0.508 e. The number of phenols is 2. The van der Waals surface area contributed by atoms with E-state index in [1.165, 1.54) is 74.0 Å². The van der Waals surface area contributed by atoms with E-state index in [0.717, 1.165) is 107 Å². The van der Waals surface area contributed by atoms with E-state index in [4.69, 9.17) is 28.4 Å². The second-order valence-electron chi connectivity index (χ2n) is 28.1. The molecule has 0 heterocycles. The fraction of sp³-hybridized carbons (Fsp3) is 0.381. The van der Waals surface area contributed by atoms with Gasteiger partial charge in [-0.2, -0.15) is 0 Å². The van der Waals surface area contributed by atoms with Crippen LogP contribution in [0.15, 0.2) is 146 Å². The second-order valence-corrected chi connectivity index (χ2v) is 28.1. The summed E-state index contributed by atoms with van der Waals surface area (Å²) in [6, 6.07) is 44.8. The Morgan fingerprint density at radius 1 is 0.370 bits per heavy atom. The van der Waals surface area contributed by atoms with Crippen molar-refractivity contribution < 1.29 is 76.1 Å². The van der Waals surface area contributed by atoms with Gasteiger partial charge in [0.1, 0.15) is 59.3 Å². The first kappa shape index (κ1) is 74.5. The molecule has 0 amide bonds. The molecule has 16 heteroatoms. The van der Waals surface area contributed by atoms with Gasteiger partial charge in [-0.25, -0.2) is 8.78 Å². The number of esters is 4. The number of hydrogen-bond donors (Lipinski definition) is 2. The smallest absolute Gasteiger partial charge is 0.306 e. The topological polar surface area (TPSA) is 183 Å². The normalized spacial score (nSPS) is 16.1. The van der Waals surface area contributed by atoms with Crippen molar-refractivity contribution in [1.82, 2.24) is 0 Å². The second kappa shape index (κ2) is 33.4. The molecule has 0 radical (unpaired) electrons. The zero-order valence-electron chi connectivity index (χ0n) is 59.6. The summed E-state index contributed by atoms with van der Waals surface area (Å²) in [5, 5.41) is 18.8. The number of rotatable bonds is 18. The maximum Gasteiger partial charge on any atom is 0.306 e. The van der Waals surface area contributed by atoms with Crippen LogP contribution >= 0.6 is 0 Å².